The number of nitrogens with one attached hydrogen (secondary N) is 1. The van der Waals surface area contributed by atoms with Crippen molar-refractivity contribution in [3.05, 3.63) is 21.9 Å². The van der Waals surface area contributed by atoms with E-state index in [0.29, 0.717) is 13.0 Å². The first kappa shape index (κ1) is 21.4. The van der Waals surface area contributed by atoms with E-state index >= 15 is 0 Å². The number of nitrogens with zero attached hydrogens (tertiary/aromatic N) is 1. The van der Waals surface area contributed by atoms with Crippen molar-refractivity contribution in [3.63, 3.8) is 0 Å². The van der Waals surface area contributed by atoms with E-state index in [2.05, 4.69) is 29.3 Å². The number of carbonyl (C=O) groups excluding carboxylic acids is 1. The van der Waals surface area contributed by atoms with E-state index in [9.17, 15) is 4.79 Å². The van der Waals surface area contributed by atoms with Crippen LogP contribution >= 0.6 is 23.7 Å². The molecule has 1 aliphatic rings. The molecule has 0 bridgehead atoms. The maximum absolute atomic E-state index is 12.4. The van der Waals surface area contributed by atoms with Crippen LogP contribution in [0.3, 0.4) is 0 Å². The summed E-state index contributed by atoms with van der Waals surface area (Å²) in [6.45, 7) is 9.85. The van der Waals surface area contributed by atoms with Gasteiger partial charge in [0.25, 0.3) is 0 Å². The van der Waals surface area contributed by atoms with Crippen molar-refractivity contribution >= 4 is 29.7 Å². The highest BCUT2D eigenvalue weighted by molar-refractivity contribution is 7.12. The Labute approximate surface area is 155 Å². The van der Waals surface area contributed by atoms with Gasteiger partial charge in [-0.05, 0) is 32.4 Å². The summed E-state index contributed by atoms with van der Waals surface area (Å²) in [6, 6.07) is 4.50. The van der Waals surface area contributed by atoms with Crippen LogP contribution < -0.4 is 11.1 Å². The molecule has 2 heterocycles. The van der Waals surface area contributed by atoms with Gasteiger partial charge in [-0.2, -0.15) is 0 Å². The second-order valence-electron chi connectivity index (χ2n) is 6.49. The maximum atomic E-state index is 12.4. The van der Waals surface area contributed by atoms with Crippen molar-refractivity contribution in [2.45, 2.75) is 45.2 Å². The highest BCUT2D eigenvalue weighted by atomic mass is 35.5. The van der Waals surface area contributed by atoms with Gasteiger partial charge in [-0.25, -0.2) is 0 Å². The molecule has 7 heteroatoms. The number of hydrogen-bond acceptors (Lipinski definition) is 5. The van der Waals surface area contributed by atoms with E-state index < -0.39 is 5.54 Å². The van der Waals surface area contributed by atoms with Crippen LogP contribution in [-0.4, -0.2) is 49.2 Å². The van der Waals surface area contributed by atoms with Crippen molar-refractivity contribution in [2.24, 2.45) is 5.73 Å². The van der Waals surface area contributed by atoms with Crippen LogP contribution in [0, 0.1) is 6.92 Å². The number of hydrogen-bond donors (Lipinski definition) is 2. The monoisotopic (exact) mass is 375 g/mol. The largest absolute Gasteiger partial charge is 0.379 e. The topological polar surface area (TPSA) is 67.6 Å². The van der Waals surface area contributed by atoms with E-state index in [1.807, 2.05) is 13.8 Å². The van der Waals surface area contributed by atoms with Gasteiger partial charge >= 0.3 is 0 Å². The SMILES string of the molecule is CCCC(C)(N)C(=O)NCC(c1ccc(C)s1)N1CCOCC1.Cl. The molecule has 0 spiro atoms. The van der Waals surface area contributed by atoms with Crippen LogP contribution in [0.4, 0.5) is 0 Å². The van der Waals surface area contributed by atoms with Crippen molar-refractivity contribution in [3.8, 4) is 0 Å². The Morgan fingerprint density at radius 1 is 1.46 bits per heavy atom. The summed E-state index contributed by atoms with van der Waals surface area (Å²) in [5.41, 5.74) is 5.34. The minimum absolute atomic E-state index is 0. The molecule has 0 saturated carbocycles. The third-order valence-corrected chi connectivity index (χ3v) is 5.42. The van der Waals surface area contributed by atoms with Gasteiger partial charge in [0, 0.05) is 29.4 Å². The third-order valence-electron chi connectivity index (χ3n) is 4.32. The van der Waals surface area contributed by atoms with Crippen LogP contribution in [0.25, 0.3) is 0 Å². The smallest absolute Gasteiger partial charge is 0.239 e. The molecule has 1 aromatic rings. The number of aryl methyl sites for hydroxylation is 1. The van der Waals surface area contributed by atoms with Gasteiger partial charge in [-0.1, -0.05) is 13.3 Å². The Hall–Kier alpha value is -0.660. The van der Waals surface area contributed by atoms with Gasteiger partial charge in [0.2, 0.25) is 5.91 Å². The number of nitrogens with two attached hydrogens (primary N) is 1. The van der Waals surface area contributed by atoms with Crippen molar-refractivity contribution in [2.75, 3.05) is 32.8 Å². The lowest BCUT2D eigenvalue weighted by Crippen LogP contribution is -2.53. The fourth-order valence-corrected chi connectivity index (χ4v) is 3.97. The lowest BCUT2D eigenvalue weighted by Gasteiger charge is -2.35. The summed E-state index contributed by atoms with van der Waals surface area (Å²) >= 11 is 1.79. The second kappa shape index (κ2) is 9.73. The predicted molar refractivity (Wildman–Crippen MR) is 102 cm³/mol. The Morgan fingerprint density at radius 3 is 2.67 bits per heavy atom. The lowest BCUT2D eigenvalue weighted by molar-refractivity contribution is -0.126. The summed E-state index contributed by atoms with van der Waals surface area (Å²) in [5, 5.41) is 3.07. The second-order valence-corrected chi connectivity index (χ2v) is 7.81. The molecule has 1 amide bonds. The van der Waals surface area contributed by atoms with Crippen LogP contribution in [-0.2, 0) is 9.53 Å². The number of morpholine rings is 1. The molecule has 0 aliphatic carbocycles. The molecule has 0 radical (unpaired) electrons. The first-order valence-corrected chi connectivity index (χ1v) is 9.21. The molecule has 1 fully saturated rings. The zero-order valence-electron chi connectivity index (χ0n) is 14.8. The quantitative estimate of drug-likeness (QED) is 0.768. The molecule has 3 N–H and O–H groups in total. The van der Waals surface area contributed by atoms with Gasteiger partial charge < -0.3 is 15.8 Å². The van der Waals surface area contributed by atoms with Crippen LogP contribution in [0.15, 0.2) is 12.1 Å². The van der Waals surface area contributed by atoms with E-state index in [0.717, 1.165) is 32.7 Å². The summed E-state index contributed by atoms with van der Waals surface area (Å²) < 4.78 is 5.46. The van der Waals surface area contributed by atoms with E-state index in [-0.39, 0.29) is 24.4 Å². The Balaban J connectivity index is 0.00000288. The molecule has 138 valence electrons. The number of rotatable bonds is 7. The van der Waals surface area contributed by atoms with Crippen LogP contribution in [0.2, 0.25) is 0 Å². The summed E-state index contributed by atoms with van der Waals surface area (Å²) in [6.07, 6.45) is 1.59. The normalized spacial score (nSPS) is 19.2. The standard InChI is InChI=1S/C17H29N3O2S.ClH/c1-4-7-17(3,18)16(21)19-12-14(15-6-5-13(2)23-15)20-8-10-22-11-9-20;/h5-6,14H,4,7-12,18H2,1-3H3,(H,19,21);1H. The molecule has 24 heavy (non-hydrogen) atoms. The van der Waals surface area contributed by atoms with Gasteiger partial charge in [0.1, 0.15) is 0 Å². The summed E-state index contributed by atoms with van der Waals surface area (Å²) in [7, 11) is 0. The van der Waals surface area contributed by atoms with Crippen LogP contribution in [0.5, 0.6) is 0 Å². The number of amides is 1. The molecule has 1 saturated heterocycles. The Morgan fingerprint density at radius 2 is 2.12 bits per heavy atom. The van der Waals surface area contributed by atoms with E-state index in [4.69, 9.17) is 10.5 Å². The average molecular weight is 376 g/mol. The third kappa shape index (κ3) is 5.70. The number of ether oxygens (including phenoxy) is 1. The molecule has 0 aromatic carbocycles. The molecule has 1 aromatic heterocycles. The zero-order chi connectivity index (χ0) is 16.9. The minimum atomic E-state index is -0.796. The van der Waals surface area contributed by atoms with Gasteiger partial charge in [0.15, 0.2) is 0 Å². The maximum Gasteiger partial charge on any atom is 0.239 e. The van der Waals surface area contributed by atoms with Gasteiger partial charge in [0.05, 0.1) is 24.8 Å². The summed E-state index contributed by atoms with van der Waals surface area (Å²) in [4.78, 5) is 17.4. The average Bonchev–Trinajstić information content (AvgIpc) is 2.94. The van der Waals surface area contributed by atoms with Gasteiger partial charge in [-0.15, -0.1) is 23.7 Å². The minimum Gasteiger partial charge on any atom is -0.379 e. The highest BCUT2D eigenvalue weighted by Gasteiger charge is 2.29. The van der Waals surface area contributed by atoms with Gasteiger partial charge in [-0.3, -0.25) is 9.69 Å². The van der Waals surface area contributed by atoms with E-state index in [1.54, 1.807) is 11.3 Å². The number of carbonyl (C=O) groups is 1. The lowest BCUT2D eigenvalue weighted by atomic mass is 9.96. The fraction of sp³-hybridized carbons (Fsp3) is 0.706. The zero-order valence-corrected chi connectivity index (χ0v) is 16.5. The van der Waals surface area contributed by atoms with Crippen molar-refractivity contribution in [1.29, 1.82) is 0 Å². The van der Waals surface area contributed by atoms with Crippen molar-refractivity contribution < 1.29 is 9.53 Å². The predicted octanol–water partition coefficient (Wildman–Crippen LogP) is 2.49. The van der Waals surface area contributed by atoms with Crippen molar-refractivity contribution in [1.82, 2.24) is 10.2 Å². The highest BCUT2D eigenvalue weighted by Crippen LogP contribution is 2.28. The summed E-state index contributed by atoms with van der Waals surface area (Å²) in [5.74, 6) is -0.0640. The molecular weight excluding hydrogens is 346 g/mol. The molecule has 5 nitrogen and oxygen atoms in total. The molecule has 1 aliphatic heterocycles. The first-order chi connectivity index (χ1) is 10.9. The molecular formula is C17H30ClN3O2S. The first-order valence-electron chi connectivity index (χ1n) is 8.39. The molecule has 2 unspecified atom stereocenters. The Kier molecular flexibility index (Phi) is 8.67. The number of thiophene rings is 1. The van der Waals surface area contributed by atoms with E-state index in [1.165, 1.54) is 9.75 Å². The molecule has 2 rings (SSSR count). The fourth-order valence-electron chi connectivity index (χ4n) is 2.96. The van der Waals surface area contributed by atoms with Crippen LogP contribution in [0.1, 0.15) is 42.5 Å². The molecule has 2 atom stereocenters. The Bertz CT molecular complexity index is 516. The number of halogens is 1.